The number of halogens is 3. The maximum Gasteiger partial charge on any atom is 0.452 e. The maximum absolute atomic E-state index is 13.6. The van der Waals surface area contributed by atoms with Gasteiger partial charge in [0.25, 0.3) is 5.91 Å². The Morgan fingerprint density at radius 2 is 1.67 bits per heavy atom. The Balaban J connectivity index is 1.22. The zero-order valence-corrected chi connectivity index (χ0v) is 21.1. The lowest BCUT2D eigenvalue weighted by Gasteiger charge is -2.34. The van der Waals surface area contributed by atoms with Crippen LogP contribution >= 0.6 is 0 Å². The van der Waals surface area contributed by atoms with Gasteiger partial charge < -0.3 is 19.4 Å². The van der Waals surface area contributed by atoms with E-state index < -0.39 is 23.5 Å². The van der Waals surface area contributed by atoms with Crippen molar-refractivity contribution in [1.29, 1.82) is 0 Å². The second kappa shape index (κ2) is 11.0. The predicted molar refractivity (Wildman–Crippen MR) is 137 cm³/mol. The minimum Gasteiger partial charge on any atom is -0.431 e. The van der Waals surface area contributed by atoms with Gasteiger partial charge >= 0.3 is 6.18 Å². The van der Waals surface area contributed by atoms with E-state index in [2.05, 4.69) is 10.3 Å². The van der Waals surface area contributed by atoms with Crippen LogP contribution in [0, 0.1) is 11.8 Å². The fourth-order valence-corrected chi connectivity index (χ4v) is 5.53. The first-order valence-corrected chi connectivity index (χ1v) is 13.0. The van der Waals surface area contributed by atoms with Gasteiger partial charge in [-0.25, -0.2) is 4.98 Å². The SMILES string of the molecule is O=C[C@@H]1CCC[C@H]1C(=O)N1CCC(c2ccc(NC(=O)c3nc(-c4ccccc4)oc3C(F)(F)F)cc2)CC1. The maximum atomic E-state index is 13.6. The van der Waals surface area contributed by atoms with Gasteiger partial charge in [-0.15, -0.1) is 0 Å². The van der Waals surface area contributed by atoms with Crippen molar-refractivity contribution in [3.63, 3.8) is 0 Å². The molecule has 2 fully saturated rings. The average Bonchev–Trinajstić information content (AvgIpc) is 3.62. The summed E-state index contributed by atoms with van der Waals surface area (Å²) in [5.41, 5.74) is 0.845. The molecule has 0 radical (unpaired) electrons. The van der Waals surface area contributed by atoms with E-state index >= 15 is 0 Å². The molecule has 1 saturated carbocycles. The van der Waals surface area contributed by atoms with E-state index in [1.807, 2.05) is 17.0 Å². The Morgan fingerprint density at radius 1 is 0.974 bits per heavy atom. The van der Waals surface area contributed by atoms with Crippen molar-refractivity contribution in [2.24, 2.45) is 11.8 Å². The first-order chi connectivity index (χ1) is 18.7. The number of nitrogens with one attached hydrogen (secondary N) is 1. The van der Waals surface area contributed by atoms with Crippen LogP contribution in [0.1, 0.15) is 59.8 Å². The molecule has 2 aromatic carbocycles. The third kappa shape index (κ3) is 5.74. The van der Waals surface area contributed by atoms with Crippen LogP contribution in [-0.4, -0.2) is 41.1 Å². The van der Waals surface area contributed by atoms with Gasteiger partial charge in [0, 0.05) is 36.2 Å². The minimum atomic E-state index is -4.89. The third-order valence-corrected chi connectivity index (χ3v) is 7.63. The van der Waals surface area contributed by atoms with Crippen molar-refractivity contribution < 1.29 is 32.0 Å². The molecule has 2 amide bonds. The highest BCUT2D eigenvalue weighted by Gasteiger charge is 2.42. The molecule has 1 N–H and O–H groups in total. The van der Waals surface area contributed by atoms with E-state index in [9.17, 15) is 27.6 Å². The number of carbonyl (C=O) groups is 3. The smallest absolute Gasteiger partial charge is 0.431 e. The molecule has 2 heterocycles. The van der Waals surface area contributed by atoms with Crippen LogP contribution in [0.25, 0.3) is 11.5 Å². The summed E-state index contributed by atoms with van der Waals surface area (Å²) in [6.45, 7) is 1.22. The van der Waals surface area contributed by atoms with Crippen LogP contribution in [0.3, 0.4) is 0 Å². The first-order valence-electron chi connectivity index (χ1n) is 13.0. The number of anilines is 1. The molecule has 2 atom stereocenters. The number of aldehydes is 1. The highest BCUT2D eigenvalue weighted by molar-refractivity contribution is 6.04. The molecule has 2 aliphatic rings. The fourth-order valence-electron chi connectivity index (χ4n) is 5.53. The average molecular weight is 540 g/mol. The lowest BCUT2D eigenvalue weighted by atomic mass is 9.88. The van der Waals surface area contributed by atoms with Crippen LogP contribution in [0.15, 0.2) is 59.0 Å². The largest absolute Gasteiger partial charge is 0.452 e. The Morgan fingerprint density at radius 3 is 2.31 bits per heavy atom. The van der Waals surface area contributed by atoms with Crippen molar-refractivity contribution >= 4 is 23.8 Å². The summed E-state index contributed by atoms with van der Waals surface area (Å²) in [4.78, 5) is 42.6. The molecule has 0 bridgehead atoms. The Hall–Kier alpha value is -3.95. The number of carbonyl (C=O) groups excluding carboxylic acids is 3. The van der Waals surface area contributed by atoms with Gasteiger partial charge in [0.2, 0.25) is 17.6 Å². The van der Waals surface area contributed by atoms with E-state index in [0.29, 0.717) is 24.3 Å². The number of aromatic nitrogens is 1. The highest BCUT2D eigenvalue weighted by atomic mass is 19.4. The van der Waals surface area contributed by atoms with Crippen LogP contribution < -0.4 is 5.32 Å². The minimum absolute atomic E-state index is 0.0719. The predicted octanol–water partition coefficient (Wildman–Crippen LogP) is 5.93. The summed E-state index contributed by atoms with van der Waals surface area (Å²) >= 11 is 0. The standard InChI is InChI=1S/C29H28F3N3O4/c30-29(31,32)25-24(34-27(39-25)20-5-2-1-3-6-20)26(37)33-22-11-9-18(10-12-22)19-13-15-35(16-14-19)28(38)23-8-4-7-21(23)17-36/h1-3,5-6,9-12,17,19,21,23H,4,7-8,13-16H2,(H,33,37)/t21-,23+/m0/s1. The molecule has 5 rings (SSSR count). The van der Waals surface area contributed by atoms with Gasteiger partial charge in [0.15, 0.2) is 5.69 Å². The molecule has 204 valence electrons. The fraction of sp³-hybridized carbons (Fsp3) is 0.379. The number of amides is 2. The number of alkyl halides is 3. The van der Waals surface area contributed by atoms with Gasteiger partial charge in [0.1, 0.15) is 6.29 Å². The molecular weight excluding hydrogens is 511 g/mol. The molecule has 0 spiro atoms. The number of likely N-dealkylation sites (tertiary alicyclic amines) is 1. The number of hydrogen-bond acceptors (Lipinski definition) is 5. The van der Waals surface area contributed by atoms with E-state index in [-0.39, 0.29) is 29.6 Å². The van der Waals surface area contributed by atoms with Crippen LogP contribution in [0.2, 0.25) is 0 Å². The van der Waals surface area contributed by atoms with Crippen molar-refractivity contribution in [1.82, 2.24) is 9.88 Å². The number of nitrogens with zero attached hydrogens (tertiary/aromatic N) is 2. The molecule has 10 heteroatoms. The monoisotopic (exact) mass is 539 g/mol. The molecule has 1 aliphatic heterocycles. The number of oxazole rings is 1. The Bertz CT molecular complexity index is 1330. The van der Waals surface area contributed by atoms with E-state index in [1.165, 1.54) is 0 Å². The summed E-state index contributed by atoms with van der Waals surface area (Å²) in [6.07, 6.45) is 0.0130. The summed E-state index contributed by atoms with van der Waals surface area (Å²) in [6, 6.07) is 15.0. The van der Waals surface area contributed by atoms with Crippen molar-refractivity contribution in [2.75, 3.05) is 18.4 Å². The van der Waals surface area contributed by atoms with E-state index in [0.717, 1.165) is 44.0 Å². The summed E-state index contributed by atoms with van der Waals surface area (Å²) in [5.74, 6) is -2.85. The van der Waals surface area contributed by atoms with Crippen LogP contribution in [-0.2, 0) is 15.8 Å². The summed E-state index contributed by atoms with van der Waals surface area (Å²) in [7, 11) is 0. The van der Waals surface area contributed by atoms with Gasteiger partial charge in [-0.3, -0.25) is 9.59 Å². The molecule has 39 heavy (non-hydrogen) atoms. The molecular formula is C29H28F3N3O4. The normalized spacial score (nSPS) is 20.1. The third-order valence-electron chi connectivity index (χ3n) is 7.63. The van der Waals surface area contributed by atoms with Crippen LogP contribution in [0.4, 0.5) is 18.9 Å². The van der Waals surface area contributed by atoms with Crippen molar-refractivity contribution in [2.45, 2.75) is 44.2 Å². The van der Waals surface area contributed by atoms with Gasteiger partial charge in [-0.05, 0) is 61.4 Å². The zero-order valence-electron chi connectivity index (χ0n) is 21.1. The molecule has 1 aromatic heterocycles. The number of piperidine rings is 1. The van der Waals surface area contributed by atoms with Gasteiger partial charge in [-0.1, -0.05) is 36.8 Å². The Kier molecular flexibility index (Phi) is 7.54. The molecule has 1 aliphatic carbocycles. The number of benzene rings is 2. The zero-order chi connectivity index (χ0) is 27.6. The number of hydrogen-bond donors (Lipinski definition) is 1. The first kappa shape index (κ1) is 26.6. The number of rotatable bonds is 6. The van der Waals surface area contributed by atoms with Gasteiger partial charge in [0.05, 0.1) is 0 Å². The van der Waals surface area contributed by atoms with Gasteiger partial charge in [-0.2, -0.15) is 13.2 Å². The summed E-state index contributed by atoms with van der Waals surface area (Å²) < 4.78 is 45.7. The Labute approximate surface area is 223 Å². The summed E-state index contributed by atoms with van der Waals surface area (Å²) in [5, 5.41) is 2.49. The van der Waals surface area contributed by atoms with Crippen LogP contribution in [0.5, 0.6) is 0 Å². The van der Waals surface area contributed by atoms with E-state index in [4.69, 9.17) is 4.42 Å². The molecule has 7 nitrogen and oxygen atoms in total. The highest BCUT2D eigenvalue weighted by Crippen LogP contribution is 2.37. The molecule has 1 saturated heterocycles. The molecule has 0 unspecified atom stereocenters. The lowest BCUT2D eigenvalue weighted by Crippen LogP contribution is -2.42. The topological polar surface area (TPSA) is 92.5 Å². The van der Waals surface area contributed by atoms with E-state index in [1.54, 1.807) is 42.5 Å². The van der Waals surface area contributed by atoms with Crippen molar-refractivity contribution in [3.05, 3.63) is 71.6 Å². The second-order valence-electron chi connectivity index (χ2n) is 10.1. The molecule has 3 aromatic rings. The second-order valence-corrected chi connectivity index (χ2v) is 10.1. The van der Waals surface area contributed by atoms with Crippen molar-refractivity contribution in [3.8, 4) is 11.5 Å². The lowest BCUT2D eigenvalue weighted by molar-refractivity contribution is -0.153. The quantitative estimate of drug-likeness (QED) is 0.392.